The van der Waals surface area contributed by atoms with Gasteiger partial charge in [0.2, 0.25) is 15.9 Å². The Morgan fingerprint density at radius 1 is 1.17 bits per heavy atom. The smallest absolute Gasteiger partial charge is 0.247 e. The van der Waals surface area contributed by atoms with Crippen molar-refractivity contribution in [3.05, 3.63) is 83.7 Å². The molecule has 3 heterocycles. The minimum absolute atomic E-state index is 0.00147. The molecule has 0 N–H and O–H groups in total. The molecular formula is C25H22F2N4O3S2. The van der Waals surface area contributed by atoms with Crippen molar-refractivity contribution in [3.63, 3.8) is 0 Å². The van der Waals surface area contributed by atoms with E-state index in [9.17, 15) is 22.0 Å². The van der Waals surface area contributed by atoms with E-state index >= 15 is 0 Å². The first-order chi connectivity index (χ1) is 17.2. The molecule has 5 rings (SSSR count). The number of benzene rings is 2. The van der Waals surface area contributed by atoms with Gasteiger partial charge in [-0.05, 0) is 50.1 Å². The summed E-state index contributed by atoms with van der Waals surface area (Å²) in [5, 5.41) is 0.143. The van der Waals surface area contributed by atoms with Crippen LogP contribution in [-0.2, 0) is 21.4 Å². The standard InChI is InChI=1S/C25H22F2N4O3S2/c1-16-7-9-19(10-8-16)36(33,34)31-12-4-6-21(31)24(32)30(15-18-5-2-3-11-28-18)25-29-23-20(27)13-17(26)14-22(23)35-25/h2-3,5,7-11,13-14,21H,4,6,12,15H2,1H3. The van der Waals surface area contributed by atoms with E-state index in [2.05, 4.69) is 9.97 Å². The van der Waals surface area contributed by atoms with Crippen LogP contribution in [0, 0.1) is 18.6 Å². The van der Waals surface area contributed by atoms with Crippen LogP contribution < -0.4 is 4.90 Å². The minimum Gasteiger partial charge on any atom is -0.281 e. The lowest BCUT2D eigenvalue weighted by atomic mass is 10.2. The molecule has 7 nitrogen and oxygen atoms in total. The van der Waals surface area contributed by atoms with Crippen LogP contribution in [0.5, 0.6) is 0 Å². The highest BCUT2D eigenvalue weighted by Crippen LogP contribution is 2.34. The first-order valence-electron chi connectivity index (χ1n) is 11.3. The first-order valence-corrected chi connectivity index (χ1v) is 13.5. The summed E-state index contributed by atoms with van der Waals surface area (Å²) in [6.45, 7) is 2.06. The zero-order valence-corrected chi connectivity index (χ0v) is 20.9. The van der Waals surface area contributed by atoms with Crippen LogP contribution >= 0.6 is 11.3 Å². The molecule has 11 heteroatoms. The van der Waals surface area contributed by atoms with Gasteiger partial charge in [0.15, 0.2) is 10.9 Å². The number of thiazole rings is 1. The fourth-order valence-corrected chi connectivity index (χ4v) is 6.92. The Morgan fingerprint density at radius 3 is 2.67 bits per heavy atom. The number of sulfonamides is 1. The van der Waals surface area contributed by atoms with Crippen molar-refractivity contribution in [2.45, 2.75) is 37.2 Å². The second-order valence-electron chi connectivity index (χ2n) is 8.56. The van der Waals surface area contributed by atoms with Crippen LogP contribution in [0.25, 0.3) is 10.2 Å². The number of hydrogen-bond donors (Lipinski definition) is 0. The summed E-state index contributed by atoms with van der Waals surface area (Å²) in [5.74, 6) is -2.07. The molecule has 1 aliphatic heterocycles. The number of rotatable bonds is 6. The van der Waals surface area contributed by atoms with Gasteiger partial charge in [0, 0.05) is 18.8 Å². The molecule has 4 aromatic rings. The Morgan fingerprint density at radius 2 is 1.94 bits per heavy atom. The van der Waals surface area contributed by atoms with Crippen LogP contribution in [0.1, 0.15) is 24.1 Å². The van der Waals surface area contributed by atoms with E-state index in [-0.39, 0.29) is 33.3 Å². The molecule has 1 unspecified atom stereocenters. The molecular weight excluding hydrogens is 506 g/mol. The Balaban J connectivity index is 1.54. The van der Waals surface area contributed by atoms with Gasteiger partial charge in [0.25, 0.3) is 0 Å². The van der Waals surface area contributed by atoms with Crippen molar-refractivity contribution in [3.8, 4) is 0 Å². The number of nitrogens with zero attached hydrogens (tertiary/aromatic N) is 4. The summed E-state index contributed by atoms with van der Waals surface area (Å²) >= 11 is 0.965. The van der Waals surface area contributed by atoms with E-state index in [1.54, 1.807) is 36.5 Å². The maximum atomic E-state index is 14.4. The summed E-state index contributed by atoms with van der Waals surface area (Å²) < 4.78 is 56.5. The molecule has 1 aliphatic rings. The second-order valence-corrected chi connectivity index (χ2v) is 11.5. The molecule has 1 amide bonds. The Kier molecular flexibility index (Phi) is 6.54. The van der Waals surface area contributed by atoms with Crippen molar-refractivity contribution in [2.75, 3.05) is 11.4 Å². The highest BCUT2D eigenvalue weighted by molar-refractivity contribution is 7.89. The summed E-state index contributed by atoms with van der Waals surface area (Å²) in [6, 6.07) is 12.6. The Bertz CT molecular complexity index is 1530. The molecule has 0 bridgehead atoms. The topological polar surface area (TPSA) is 83.5 Å². The molecule has 0 saturated carbocycles. The zero-order chi connectivity index (χ0) is 25.4. The lowest BCUT2D eigenvalue weighted by Gasteiger charge is -2.28. The molecule has 36 heavy (non-hydrogen) atoms. The third kappa shape index (κ3) is 4.61. The van der Waals surface area contributed by atoms with Gasteiger partial charge >= 0.3 is 0 Å². The molecule has 0 radical (unpaired) electrons. The Labute approximate surface area is 211 Å². The maximum Gasteiger partial charge on any atom is 0.247 e. The van der Waals surface area contributed by atoms with Crippen molar-refractivity contribution in [1.29, 1.82) is 0 Å². The lowest BCUT2D eigenvalue weighted by molar-refractivity contribution is -0.121. The number of carbonyl (C=O) groups excluding carboxylic acids is 1. The minimum atomic E-state index is -3.93. The average molecular weight is 529 g/mol. The molecule has 1 fully saturated rings. The fraction of sp³-hybridized carbons (Fsp3) is 0.240. The molecule has 2 aromatic heterocycles. The van der Waals surface area contributed by atoms with Crippen LogP contribution in [0.4, 0.5) is 13.9 Å². The van der Waals surface area contributed by atoms with Gasteiger partial charge in [0.1, 0.15) is 17.4 Å². The fourth-order valence-electron chi connectivity index (χ4n) is 4.25. The average Bonchev–Trinajstić information content (AvgIpc) is 3.51. The van der Waals surface area contributed by atoms with Crippen molar-refractivity contribution in [1.82, 2.24) is 14.3 Å². The third-order valence-corrected chi connectivity index (χ3v) is 9.01. The van der Waals surface area contributed by atoms with Crippen molar-refractivity contribution < 1.29 is 22.0 Å². The maximum absolute atomic E-state index is 14.4. The highest BCUT2D eigenvalue weighted by atomic mass is 32.2. The van der Waals surface area contributed by atoms with Crippen LogP contribution in [0.3, 0.4) is 0 Å². The monoisotopic (exact) mass is 528 g/mol. The number of carbonyl (C=O) groups is 1. The normalized spacial score (nSPS) is 16.5. The van der Waals surface area contributed by atoms with E-state index in [1.165, 1.54) is 21.3 Å². The summed E-state index contributed by atoms with van der Waals surface area (Å²) in [6.07, 6.45) is 2.42. The van der Waals surface area contributed by atoms with E-state index in [4.69, 9.17) is 0 Å². The van der Waals surface area contributed by atoms with Gasteiger partial charge in [-0.2, -0.15) is 4.31 Å². The quantitative estimate of drug-likeness (QED) is 0.363. The van der Waals surface area contributed by atoms with Gasteiger partial charge in [-0.3, -0.25) is 14.7 Å². The lowest BCUT2D eigenvalue weighted by Crippen LogP contribution is -2.47. The van der Waals surface area contributed by atoms with E-state index in [1.807, 2.05) is 6.92 Å². The largest absolute Gasteiger partial charge is 0.281 e. The van der Waals surface area contributed by atoms with E-state index < -0.39 is 33.6 Å². The molecule has 0 aliphatic carbocycles. The van der Waals surface area contributed by atoms with Crippen LogP contribution in [-0.4, -0.2) is 41.2 Å². The number of anilines is 1. The van der Waals surface area contributed by atoms with E-state index in [0.29, 0.717) is 18.5 Å². The summed E-state index contributed by atoms with van der Waals surface area (Å²) in [5.41, 5.74) is 1.41. The number of fused-ring (bicyclic) bond motifs is 1. The van der Waals surface area contributed by atoms with Gasteiger partial charge in [-0.1, -0.05) is 35.1 Å². The number of halogens is 2. The number of aryl methyl sites for hydroxylation is 1. The predicted octanol–water partition coefficient (Wildman–Crippen LogP) is 4.66. The second kappa shape index (κ2) is 9.64. The summed E-state index contributed by atoms with van der Waals surface area (Å²) in [7, 11) is -3.93. The zero-order valence-electron chi connectivity index (χ0n) is 19.3. The number of amides is 1. The molecule has 2 aromatic carbocycles. The molecule has 0 spiro atoms. The molecule has 1 saturated heterocycles. The first kappa shape index (κ1) is 24.4. The molecule has 1 atom stereocenters. The van der Waals surface area contributed by atoms with Crippen molar-refractivity contribution in [2.24, 2.45) is 0 Å². The van der Waals surface area contributed by atoms with Crippen LogP contribution in [0.15, 0.2) is 65.7 Å². The van der Waals surface area contributed by atoms with Crippen molar-refractivity contribution >= 4 is 42.6 Å². The Hall–Kier alpha value is -3.28. The van der Waals surface area contributed by atoms with Gasteiger partial charge < -0.3 is 0 Å². The third-order valence-electron chi connectivity index (χ3n) is 6.06. The summed E-state index contributed by atoms with van der Waals surface area (Å²) in [4.78, 5) is 23.9. The number of pyridine rings is 1. The van der Waals surface area contributed by atoms with Gasteiger partial charge in [0.05, 0.1) is 21.8 Å². The predicted molar refractivity (Wildman–Crippen MR) is 133 cm³/mol. The SMILES string of the molecule is Cc1ccc(S(=O)(=O)N2CCCC2C(=O)N(Cc2ccccn2)c2nc3c(F)cc(F)cc3s2)cc1. The van der Waals surface area contributed by atoms with Gasteiger partial charge in [-0.25, -0.2) is 22.2 Å². The number of hydrogen-bond acceptors (Lipinski definition) is 6. The highest BCUT2D eigenvalue weighted by Gasteiger charge is 2.42. The number of aromatic nitrogens is 2. The van der Waals surface area contributed by atoms with Gasteiger partial charge in [-0.15, -0.1) is 0 Å². The van der Waals surface area contributed by atoms with Crippen LogP contribution in [0.2, 0.25) is 0 Å². The van der Waals surface area contributed by atoms with E-state index in [0.717, 1.165) is 29.0 Å². The molecule has 186 valence electrons.